The minimum atomic E-state index is -3.29. The second kappa shape index (κ2) is 9.03. The van der Waals surface area contributed by atoms with Gasteiger partial charge in [-0.3, -0.25) is 4.79 Å². The summed E-state index contributed by atoms with van der Waals surface area (Å²) < 4.78 is 30.7. The van der Waals surface area contributed by atoms with Crippen LogP contribution in [-0.2, 0) is 19.6 Å². The highest BCUT2D eigenvalue weighted by atomic mass is 32.2. The van der Waals surface area contributed by atoms with Crippen LogP contribution in [0.1, 0.15) is 25.7 Å². The van der Waals surface area contributed by atoms with Crippen molar-refractivity contribution in [2.45, 2.75) is 25.7 Å². The van der Waals surface area contributed by atoms with Gasteiger partial charge in [-0.05, 0) is 49.9 Å². The molecule has 0 radical (unpaired) electrons. The van der Waals surface area contributed by atoms with E-state index in [0.29, 0.717) is 25.9 Å². The molecule has 2 heterocycles. The molecule has 8 heteroatoms. The molecule has 2 saturated heterocycles. The summed E-state index contributed by atoms with van der Waals surface area (Å²) in [5.41, 5.74) is 1.98. The van der Waals surface area contributed by atoms with E-state index in [1.165, 1.54) is 29.9 Å². The Balaban J connectivity index is 1.49. The second-order valence-corrected chi connectivity index (χ2v) is 9.30. The van der Waals surface area contributed by atoms with Crippen LogP contribution in [0.25, 0.3) is 0 Å². The van der Waals surface area contributed by atoms with Crippen LogP contribution < -0.4 is 10.2 Å². The summed E-state index contributed by atoms with van der Waals surface area (Å²) >= 11 is 0. The van der Waals surface area contributed by atoms with E-state index < -0.39 is 10.0 Å². The van der Waals surface area contributed by atoms with Crippen molar-refractivity contribution in [1.29, 1.82) is 0 Å². The molecule has 0 atom stereocenters. The molecule has 1 amide bonds. The smallest absolute Gasteiger partial charge is 0.227 e. The maximum atomic E-state index is 12.5. The molecule has 0 unspecified atom stereocenters. The van der Waals surface area contributed by atoms with Crippen LogP contribution in [0, 0.1) is 5.92 Å². The maximum absolute atomic E-state index is 12.5. The average molecular weight is 396 g/mol. The number of benzene rings is 1. The summed E-state index contributed by atoms with van der Waals surface area (Å²) in [6.45, 7) is 3.15. The van der Waals surface area contributed by atoms with E-state index in [0.717, 1.165) is 18.8 Å². The van der Waals surface area contributed by atoms with Gasteiger partial charge >= 0.3 is 0 Å². The average Bonchev–Trinajstić information content (AvgIpc) is 3.22. The predicted octanol–water partition coefficient (Wildman–Crippen LogP) is 1.91. The third-order valence-corrected chi connectivity index (χ3v) is 7.20. The van der Waals surface area contributed by atoms with Crippen LogP contribution in [0.15, 0.2) is 24.3 Å². The largest absolute Gasteiger partial charge is 0.384 e. The number of sulfonamides is 1. The first-order valence-corrected chi connectivity index (χ1v) is 11.2. The Labute approximate surface area is 161 Å². The molecule has 3 rings (SSSR count). The van der Waals surface area contributed by atoms with Gasteiger partial charge in [-0.25, -0.2) is 12.7 Å². The summed E-state index contributed by atoms with van der Waals surface area (Å²) in [7, 11) is -1.80. The van der Waals surface area contributed by atoms with Gasteiger partial charge in [0.15, 0.2) is 0 Å². The molecule has 2 aliphatic rings. The van der Waals surface area contributed by atoms with E-state index in [4.69, 9.17) is 4.74 Å². The van der Waals surface area contributed by atoms with Crippen LogP contribution in [0.4, 0.5) is 11.4 Å². The van der Waals surface area contributed by atoms with Gasteiger partial charge in [0.2, 0.25) is 15.9 Å². The van der Waals surface area contributed by atoms with Crippen molar-refractivity contribution in [2.75, 3.05) is 55.9 Å². The third-order valence-electron chi connectivity index (χ3n) is 5.37. The van der Waals surface area contributed by atoms with E-state index in [-0.39, 0.29) is 24.2 Å². The first-order chi connectivity index (χ1) is 13.0. The van der Waals surface area contributed by atoms with Crippen LogP contribution in [0.5, 0.6) is 0 Å². The molecule has 1 N–H and O–H groups in total. The zero-order chi connectivity index (χ0) is 19.3. The lowest BCUT2D eigenvalue weighted by molar-refractivity contribution is -0.120. The molecule has 7 nitrogen and oxygen atoms in total. The SMILES string of the molecule is COCCS(=O)(=O)N1CCC(C(=O)Nc2ccc(N3CCCC3)cc2)CC1. The summed E-state index contributed by atoms with van der Waals surface area (Å²) in [5.74, 6) is -0.195. The molecule has 0 aromatic heterocycles. The quantitative estimate of drug-likeness (QED) is 0.763. The Morgan fingerprint density at radius 2 is 1.74 bits per heavy atom. The second-order valence-electron chi connectivity index (χ2n) is 7.21. The van der Waals surface area contributed by atoms with E-state index in [1.54, 1.807) is 0 Å². The lowest BCUT2D eigenvalue weighted by atomic mass is 9.97. The van der Waals surface area contributed by atoms with Crippen molar-refractivity contribution in [3.63, 3.8) is 0 Å². The Morgan fingerprint density at radius 3 is 2.33 bits per heavy atom. The number of ether oxygens (including phenoxy) is 1. The first kappa shape index (κ1) is 20.1. The molecule has 27 heavy (non-hydrogen) atoms. The van der Waals surface area contributed by atoms with Crippen LogP contribution in [0.2, 0.25) is 0 Å². The van der Waals surface area contributed by atoms with Crippen molar-refractivity contribution in [3.05, 3.63) is 24.3 Å². The van der Waals surface area contributed by atoms with Gasteiger partial charge < -0.3 is 15.0 Å². The maximum Gasteiger partial charge on any atom is 0.227 e. The topological polar surface area (TPSA) is 79.0 Å². The van der Waals surface area contributed by atoms with E-state index in [2.05, 4.69) is 10.2 Å². The monoisotopic (exact) mass is 395 g/mol. The lowest BCUT2D eigenvalue weighted by Crippen LogP contribution is -2.42. The number of rotatable bonds is 7. The molecule has 2 aliphatic heterocycles. The highest BCUT2D eigenvalue weighted by molar-refractivity contribution is 7.89. The zero-order valence-corrected chi connectivity index (χ0v) is 16.7. The minimum Gasteiger partial charge on any atom is -0.384 e. The molecular formula is C19H29N3O4S. The van der Waals surface area contributed by atoms with Crippen molar-refractivity contribution in [2.24, 2.45) is 5.92 Å². The van der Waals surface area contributed by atoms with E-state index in [9.17, 15) is 13.2 Å². The molecule has 0 saturated carbocycles. The Bertz CT molecular complexity index is 722. The van der Waals surface area contributed by atoms with Crippen molar-refractivity contribution in [3.8, 4) is 0 Å². The number of hydrogen-bond donors (Lipinski definition) is 1. The fourth-order valence-electron chi connectivity index (χ4n) is 3.69. The van der Waals surface area contributed by atoms with Gasteiger partial charge in [0.05, 0.1) is 12.4 Å². The third kappa shape index (κ3) is 5.21. The zero-order valence-electron chi connectivity index (χ0n) is 15.9. The summed E-state index contributed by atoms with van der Waals surface area (Å²) in [4.78, 5) is 14.9. The molecule has 1 aromatic carbocycles. The van der Waals surface area contributed by atoms with Gasteiger partial charge in [-0.15, -0.1) is 0 Å². The van der Waals surface area contributed by atoms with Crippen LogP contribution in [-0.4, -0.2) is 64.3 Å². The molecule has 0 spiro atoms. The number of piperidine rings is 1. The molecule has 1 aromatic rings. The fourth-order valence-corrected chi connectivity index (χ4v) is 5.09. The number of amides is 1. The molecule has 2 fully saturated rings. The number of methoxy groups -OCH3 is 1. The van der Waals surface area contributed by atoms with Crippen LogP contribution >= 0.6 is 0 Å². The molecule has 150 valence electrons. The number of nitrogens with zero attached hydrogens (tertiary/aromatic N) is 2. The summed E-state index contributed by atoms with van der Waals surface area (Å²) in [6, 6.07) is 7.98. The Kier molecular flexibility index (Phi) is 6.73. The minimum absolute atomic E-state index is 0.0102. The first-order valence-electron chi connectivity index (χ1n) is 9.62. The van der Waals surface area contributed by atoms with Crippen LogP contribution in [0.3, 0.4) is 0 Å². The van der Waals surface area contributed by atoms with Gasteiger partial charge in [0, 0.05) is 50.6 Å². The molecular weight excluding hydrogens is 366 g/mol. The highest BCUT2D eigenvalue weighted by Gasteiger charge is 2.30. The summed E-state index contributed by atoms with van der Waals surface area (Å²) in [6.07, 6.45) is 3.56. The normalized spacial score (nSPS) is 19.4. The fraction of sp³-hybridized carbons (Fsp3) is 0.632. The number of hydrogen-bond acceptors (Lipinski definition) is 5. The Morgan fingerprint density at radius 1 is 1.11 bits per heavy atom. The van der Waals surface area contributed by atoms with Gasteiger partial charge in [0.1, 0.15) is 0 Å². The summed E-state index contributed by atoms with van der Waals surface area (Å²) in [5, 5.41) is 2.97. The number of carbonyl (C=O) groups excluding carboxylic acids is 1. The number of carbonyl (C=O) groups is 1. The molecule has 0 bridgehead atoms. The lowest BCUT2D eigenvalue weighted by Gasteiger charge is -2.30. The standard InChI is InChI=1S/C19H29N3O4S/c1-26-14-15-27(24,25)22-12-8-16(9-13-22)19(23)20-17-4-6-18(7-5-17)21-10-2-3-11-21/h4-7,16H,2-3,8-15H2,1H3,(H,20,23). The predicted molar refractivity (Wildman–Crippen MR) is 106 cm³/mol. The van der Waals surface area contributed by atoms with Crippen molar-refractivity contribution >= 4 is 27.3 Å². The van der Waals surface area contributed by atoms with Gasteiger partial charge in [-0.1, -0.05) is 0 Å². The van der Waals surface area contributed by atoms with Crippen molar-refractivity contribution in [1.82, 2.24) is 4.31 Å². The number of anilines is 2. The highest BCUT2D eigenvalue weighted by Crippen LogP contribution is 2.24. The molecule has 0 aliphatic carbocycles. The van der Waals surface area contributed by atoms with E-state index in [1.807, 2.05) is 24.3 Å². The van der Waals surface area contributed by atoms with E-state index >= 15 is 0 Å². The van der Waals surface area contributed by atoms with Gasteiger partial charge in [0.25, 0.3) is 0 Å². The van der Waals surface area contributed by atoms with Crippen molar-refractivity contribution < 1.29 is 17.9 Å². The Hall–Kier alpha value is -1.64. The van der Waals surface area contributed by atoms with Gasteiger partial charge in [-0.2, -0.15) is 0 Å². The number of nitrogens with one attached hydrogen (secondary N) is 1.